The minimum Gasteiger partial charge on any atom is -0.337 e. The predicted molar refractivity (Wildman–Crippen MR) is 81.9 cm³/mol. The van der Waals surface area contributed by atoms with Crippen LogP contribution in [0.15, 0.2) is 54.9 Å². The summed E-state index contributed by atoms with van der Waals surface area (Å²) in [5.41, 5.74) is 1.08. The number of aromatic nitrogens is 1. The van der Waals surface area contributed by atoms with Gasteiger partial charge in [-0.2, -0.15) is 0 Å². The monoisotopic (exact) mass is 282 g/mol. The molecule has 2 aromatic heterocycles. The van der Waals surface area contributed by atoms with Crippen molar-refractivity contribution in [3.63, 3.8) is 0 Å². The van der Waals surface area contributed by atoms with Crippen molar-refractivity contribution in [2.45, 2.75) is 6.54 Å². The minimum atomic E-state index is 0.0583. The van der Waals surface area contributed by atoms with Gasteiger partial charge < -0.3 is 4.90 Å². The summed E-state index contributed by atoms with van der Waals surface area (Å²) < 4.78 is 1.15. The molecule has 0 bridgehead atoms. The lowest BCUT2D eigenvalue weighted by Gasteiger charge is -2.16. The molecule has 0 aliphatic carbocycles. The molecule has 0 fully saturated rings. The molecule has 3 rings (SSSR count). The molecule has 1 amide bonds. The topological polar surface area (TPSA) is 33.2 Å². The fourth-order valence-corrected chi connectivity index (χ4v) is 3.17. The van der Waals surface area contributed by atoms with Crippen molar-refractivity contribution in [3.05, 3.63) is 65.3 Å². The highest BCUT2D eigenvalue weighted by atomic mass is 32.1. The Hall–Kier alpha value is -2.20. The number of rotatable bonds is 3. The van der Waals surface area contributed by atoms with E-state index < -0.39 is 0 Å². The molecule has 3 nitrogen and oxygen atoms in total. The zero-order valence-corrected chi connectivity index (χ0v) is 11.9. The first-order valence-electron chi connectivity index (χ1n) is 6.37. The number of pyridine rings is 1. The molecule has 0 radical (unpaired) electrons. The van der Waals surface area contributed by atoms with Crippen molar-refractivity contribution >= 4 is 27.3 Å². The van der Waals surface area contributed by atoms with Crippen LogP contribution >= 0.6 is 11.3 Å². The molecule has 0 aliphatic heterocycles. The van der Waals surface area contributed by atoms with E-state index in [1.165, 1.54) is 0 Å². The zero-order valence-electron chi connectivity index (χ0n) is 11.1. The van der Waals surface area contributed by atoms with Crippen LogP contribution in [0.25, 0.3) is 10.1 Å². The van der Waals surface area contributed by atoms with E-state index in [1.54, 1.807) is 28.6 Å². The van der Waals surface area contributed by atoms with Crippen LogP contribution in [-0.2, 0) is 6.54 Å². The number of hydrogen-bond donors (Lipinski definition) is 0. The van der Waals surface area contributed by atoms with E-state index in [9.17, 15) is 4.79 Å². The van der Waals surface area contributed by atoms with Gasteiger partial charge in [0.25, 0.3) is 5.91 Å². The molecule has 4 heteroatoms. The van der Waals surface area contributed by atoms with Gasteiger partial charge in [0.2, 0.25) is 0 Å². The highest BCUT2D eigenvalue weighted by Gasteiger charge is 2.14. The average molecular weight is 282 g/mol. The van der Waals surface area contributed by atoms with Crippen LogP contribution in [-0.4, -0.2) is 22.8 Å². The third-order valence-corrected chi connectivity index (χ3v) is 4.26. The maximum atomic E-state index is 12.4. The maximum absolute atomic E-state index is 12.4. The molecule has 3 aromatic rings. The Balaban J connectivity index is 1.81. The van der Waals surface area contributed by atoms with Crippen molar-refractivity contribution in [2.24, 2.45) is 0 Å². The number of carbonyl (C=O) groups excluding carboxylic acids is 1. The van der Waals surface area contributed by atoms with Gasteiger partial charge >= 0.3 is 0 Å². The van der Waals surface area contributed by atoms with Crippen LogP contribution in [0.5, 0.6) is 0 Å². The van der Waals surface area contributed by atoms with Gasteiger partial charge in [-0.15, -0.1) is 11.3 Å². The van der Waals surface area contributed by atoms with E-state index in [2.05, 4.69) is 4.98 Å². The summed E-state index contributed by atoms with van der Waals surface area (Å²) in [4.78, 5) is 18.9. The first-order valence-corrected chi connectivity index (χ1v) is 7.18. The molecule has 0 unspecified atom stereocenters. The van der Waals surface area contributed by atoms with Crippen LogP contribution < -0.4 is 0 Å². The molecule has 0 aliphatic rings. The summed E-state index contributed by atoms with van der Waals surface area (Å²) in [5.74, 6) is 0.0583. The number of carbonyl (C=O) groups is 1. The Morgan fingerprint density at radius 3 is 2.70 bits per heavy atom. The number of amides is 1. The molecule has 0 saturated carbocycles. The number of thiophene rings is 1. The van der Waals surface area contributed by atoms with Gasteiger partial charge in [-0.05, 0) is 35.2 Å². The molecule has 1 aromatic carbocycles. The summed E-state index contributed by atoms with van der Waals surface area (Å²) in [6.07, 6.45) is 3.49. The molecular weight excluding hydrogens is 268 g/mol. The SMILES string of the molecule is CN(Cc1ccncc1)C(=O)c1cc2ccccc2s1. The molecule has 0 N–H and O–H groups in total. The fourth-order valence-electron chi connectivity index (χ4n) is 2.11. The summed E-state index contributed by atoms with van der Waals surface area (Å²) >= 11 is 1.54. The van der Waals surface area contributed by atoms with Crippen molar-refractivity contribution in [3.8, 4) is 0 Å². The van der Waals surface area contributed by atoms with Crippen molar-refractivity contribution < 1.29 is 4.79 Å². The lowest BCUT2D eigenvalue weighted by Crippen LogP contribution is -2.25. The first-order chi connectivity index (χ1) is 9.74. The normalized spacial score (nSPS) is 10.7. The lowest BCUT2D eigenvalue weighted by molar-refractivity contribution is 0.0790. The Morgan fingerprint density at radius 1 is 1.20 bits per heavy atom. The Kier molecular flexibility index (Phi) is 3.48. The van der Waals surface area contributed by atoms with E-state index in [4.69, 9.17) is 0 Å². The first kappa shape index (κ1) is 12.8. The summed E-state index contributed by atoms with van der Waals surface area (Å²) in [6.45, 7) is 0.593. The third kappa shape index (κ3) is 2.56. The third-order valence-electron chi connectivity index (χ3n) is 3.15. The van der Waals surface area contributed by atoms with Gasteiger partial charge in [0.05, 0.1) is 4.88 Å². The van der Waals surface area contributed by atoms with Crippen molar-refractivity contribution in [2.75, 3.05) is 7.05 Å². The van der Waals surface area contributed by atoms with Crippen LogP contribution in [0, 0.1) is 0 Å². The number of benzene rings is 1. The summed E-state index contributed by atoms with van der Waals surface area (Å²) in [5, 5.41) is 1.12. The lowest BCUT2D eigenvalue weighted by atomic mass is 10.2. The fraction of sp³-hybridized carbons (Fsp3) is 0.125. The highest BCUT2D eigenvalue weighted by molar-refractivity contribution is 7.20. The van der Waals surface area contributed by atoms with E-state index in [0.717, 1.165) is 20.5 Å². The smallest absolute Gasteiger partial charge is 0.264 e. The molecule has 0 spiro atoms. The van der Waals surface area contributed by atoms with Gasteiger partial charge in [-0.25, -0.2) is 0 Å². The van der Waals surface area contributed by atoms with Gasteiger partial charge in [0, 0.05) is 30.7 Å². The summed E-state index contributed by atoms with van der Waals surface area (Å²) in [7, 11) is 1.83. The Morgan fingerprint density at radius 2 is 1.95 bits per heavy atom. The van der Waals surface area contributed by atoms with Crippen LogP contribution in [0.1, 0.15) is 15.2 Å². The quantitative estimate of drug-likeness (QED) is 0.736. The van der Waals surface area contributed by atoms with E-state index in [-0.39, 0.29) is 5.91 Å². The second kappa shape index (κ2) is 5.43. The summed E-state index contributed by atoms with van der Waals surface area (Å²) in [6, 6.07) is 13.9. The van der Waals surface area contributed by atoms with Gasteiger partial charge in [0.1, 0.15) is 0 Å². The van der Waals surface area contributed by atoms with E-state index >= 15 is 0 Å². The molecular formula is C16H14N2OS. The zero-order chi connectivity index (χ0) is 13.9. The Bertz CT molecular complexity index is 703. The van der Waals surface area contributed by atoms with Gasteiger partial charge in [-0.3, -0.25) is 9.78 Å². The molecule has 0 atom stereocenters. The van der Waals surface area contributed by atoms with Crippen LogP contribution in [0.4, 0.5) is 0 Å². The van der Waals surface area contributed by atoms with E-state index in [0.29, 0.717) is 6.54 Å². The van der Waals surface area contributed by atoms with Crippen molar-refractivity contribution in [1.29, 1.82) is 0 Å². The highest BCUT2D eigenvalue weighted by Crippen LogP contribution is 2.26. The molecule has 100 valence electrons. The van der Waals surface area contributed by atoms with E-state index in [1.807, 2.05) is 49.5 Å². The number of nitrogens with zero attached hydrogens (tertiary/aromatic N) is 2. The van der Waals surface area contributed by atoms with Gasteiger partial charge in [0.15, 0.2) is 0 Å². The molecule has 2 heterocycles. The second-order valence-corrected chi connectivity index (χ2v) is 5.75. The standard InChI is InChI=1S/C16H14N2OS/c1-18(11-12-6-8-17-9-7-12)16(19)15-10-13-4-2-3-5-14(13)20-15/h2-10H,11H2,1H3. The predicted octanol–water partition coefficient (Wildman–Crippen LogP) is 3.57. The number of fused-ring (bicyclic) bond motifs is 1. The van der Waals surface area contributed by atoms with Crippen LogP contribution in [0.2, 0.25) is 0 Å². The average Bonchev–Trinajstić information content (AvgIpc) is 2.91. The number of hydrogen-bond acceptors (Lipinski definition) is 3. The maximum Gasteiger partial charge on any atom is 0.264 e. The van der Waals surface area contributed by atoms with Crippen LogP contribution in [0.3, 0.4) is 0 Å². The largest absolute Gasteiger partial charge is 0.337 e. The molecule has 20 heavy (non-hydrogen) atoms. The Labute approximate surface area is 121 Å². The van der Waals surface area contributed by atoms with Gasteiger partial charge in [-0.1, -0.05) is 18.2 Å². The second-order valence-electron chi connectivity index (χ2n) is 4.67. The minimum absolute atomic E-state index is 0.0583. The molecule has 0 saturated heterocycles. The van der Waals surface area contributed by atoms with Crippen molar-refractivity contribution in [1.82, 2.24) is 9.88 Å².